The van der Waals surface area contributed by atoms with Gasteiger partial charge >= 0.3 is 0 Å². The highest BCUT2D eigenvalue weighted by molar-refractivity contribution is 6.08. The molecule has 10 heteroatoms. The molecule has 0 aliphatic carbocycles. The molecule has 1 fully saturated rings. The Kier molecular flexibility index (Phi) is 5.47. The molecular weight excluding hydrogens is 282 g/mol. The number of amidine groups is 1. The normalized spacial score (nSPS) is 18.0. The Morgan fingerprint density at radius 1 is 1.10 bits per heavy atom. The zero-order valence-electron chi connectivity index (χ0n) is 11.4. The maximum absolute atomic E-state index is 12.7. The van der Waals surface area contributed by atoms with Crippen LogP contribution in [0.4, 0.5) is 0 Å². The Morgan fingerprint density at radius 3 is 1.95 bits per heavy atom. The number of carbonyl (C=O) groups excluding carboxylic acids is 3. The lowest BCUT2D eigenvalue weighted by atomic mass is 9.77. The molecule has 0 aromatic rings. The highest BCUT2D eigenvalue weighted by Gasteiger charge is 2.47. The lowest BCUT2D eigenvalue weighted by Crippen LogP contribution is -2.56. The van der Waals surface area contributed by atoms with Gasteiger partial charge < -0.3 is 32.0 Å². The molecule has 0 bridgehead atoms. The summed E-state index contributed by atoms with van der Waals surface area (Å²) >= 11 is 0. The Morgan fingerprint density at radius 2 is 1.57 bits per heavy atom. The third kappa shape index (κ3) is 3.81. The van der Waals surface area contributed by atoms with Gasteiger partial charge in [0.15, 0.2) is 5.84 Å². The maximum atomic E-state index is 12.7. The number of oxime groups is 1. The van der Waals surface area contributed by atoms with Gasteiger partial charge in [-0.1, -0.05) is 5.16 Å². The van der Waals surface area contributed by atoms with E-state index in [0.717, 1.165) is 4.90 Å². The summed E-state index contributed by atoms with van der Waals surface area (Å²) in [4.78, 5) is 35.7. The number of hydrogen-bond donors (Lipinski definition) is 4. The number of nitrogens with zero attached hydrogens (tertiary/aromatic N) is 2. The van der Waals surface area contributed by atoms with Crippen molar-refractivity contribution in [2.75, 3.05) is 26.3 Å². The van der Waals surface area contributed by atoms with Crippen molar-refractivity contribution in [1.82, 2.24) is 4.90 Å². The van der Waals surface area contributed by atoms with Gasteiger partial charge in [-0.3, -0.25) is 14.4 Å². The molecule has 0 unspecified atom stereocenters. The number of hydrogen-bond acceptors (Lipinski definition) is 6. The summed E-state index contributed by atoms with van der Waals surface area (Å²) in [6.45, 7) is -0.516. The van der Waals surface area contributed by atoms with E-state index in [1.807, 2.05) is 0 Å². The Balaban J connectivity index is 3.11. The van der Waals surface area contributed by atoms with Gasteiger partial charge in [-0.15, -0.1) is 0 Å². The molecule has 1 saturated heterocycles. The molecule has 1 aliphatic heterocycles. The first-order chi connectivity index (χ1) is 9.83. The average molecular weight is 301 g/mol. The number of carbonyl (C=O) groups is 3. The highest BCUT2D eigenvalue weighted by Crippen LogP contribution is 2.33. The zero-order chi connectivity index (χ0) is 16.0. The summed E-state index contributed by atoms with van der Waals surface area (Å²) in [7, 11) is 0. The van der Waals surface area contributed by atoms with Crippen LogP contribution in [0.2, 0.25) is 0 Å². The first-order valence-electron chi connectivity index (χ1n) is 6.25. The summed E-state index contributed by atoms with van der Waals surface area (Å²) in [6.07, 6.45) is 0.325. The minimum atomic E-state index is -1.34. The van der Waals surface area contributed by atoms with Crippen LogP contribution >= 0.6 is 0 Å². The second-order valence-corrected chi connectivity index (χ2v) is 4.77. The molecule has 0 saturated carbocycles. The second-order valence-electron chi connectivity index (χ2n) is 4.77. The van der Waals surface area contributed by atoms with Crippen LogP contribution < -0.4 is 17.2 Å². The van der Waals surface area contributed by atoms with E-state index in [-0.39, 0.29) is 31.9 Å². The van der Waals surface area contributed by atoms with E-state index < -0.39 is 36.2 Å². The van der Waals surface area contributed by atoms with Crippen LogP contribution in [0.1, 0.15) is 12.8 Å². The summed E-state index contributed by atoms with van der Waals surface area (Å²) in [5, 5.41) is 11.8. The van der Waals surface area contributed by atoms with Crippen LogP contribution in [0.3, 0.4) is 0 Å². The smallest absolute Gasteiger partial charge is 0.237 e. The van der Waals surface area contributed by atoms with Crippen LogP contribution in [0.5, 0.6) is 0 Å². The van der Waals surface area contributed by atoms with E-state index in [2.05, 4.69) is 5.16 Å². The average Bonchev–Trinajstić information content (AvgIpc) is 2.44. The predicted molar refractivity (Wildman–Crippen MR) is 70.9 cm³/mol. The third-order valence-corrected chi connectivity index (χ3v) is 3.33. The van der Waals surface area contributed by atoms with Crippen molar-refractivity contribution in [1.29, 1.82) is 0 Å². The van der Waals surface area contributed by atoms with Crippen LogP contribution in [-0.2, 0) is 19.1 Å². The lowest BCUT2D eigenvalue weighted by molar-refractivity contribution is -0.147. The van der Waals surface area contributed by atoms with Crippen molar-refractivity contribution in [2.45, 2.75) is 12.8 Å². The number of nitrogens with two attached hydrogens (primary N) is 3. The van der Waals surface area contributed by atoms with E-state index in [9.17, 15) is 14.4 Å². The van der Waals surface area contributed by atoms with E-state index in [1.54, 1.807) is 0 Å². The summed E-state index contributed by atoms with van der Waals surface area (Å²) < 4.78 is 5.17. The van der Waals surface area contributed by atoms with Crippen LogP contribution in [-0.4, -0.2) is 60.0 Å². The summed E-state index contributed by atoms with van der Waals surface area (Å²) in [5.41, 5.74) is 14.4. The molecule has 0 aromatic heterocycles. The Labute approximate surface area is 120 Å². The number of amides is 3. The number of ether oxygens (including phenoxy) is 1. The number of rotatable bonds is 6. The largest absolute Gasteiger partial charge is 0.409 e. The fourth-order valence-corrected chi connectivity index (χ4v) is 2.27. The Hall–Kier alpha value is -2.36. The molecule has 0 atom stereocenters. The van der Waals surface area contributed by atoms with Gasteiger partial charge in [0.05, 0.1) is 13.1 Å². The maximum Gasteiger partial charge on any atom is 0.237 e. The fraction of sp³-hybridized carbons (Fsp3) is 0.636. The SMILES string of the molecule is NC(=O)CN(CC(N)=O)C(=O)C1(C(N)=NO)CCOCC1. The molecule has 0 spiro atoms. The molecule has 10 nitrogen and oxygen atoms in total. The van der Waals surface area contributed by atoms with E-state index >= 15 is 0 Å². The van der Waals surface area contributed by atoms with Crippen molar-refractivity contribution < 1.29 is 24.3 Å². The van der Waals surface area contributed by atoms with Gasteiger partial charge in [0.25, 0.3) is 0 Å². The van der Waals surface area contributed by atoms with E-state index in [0.29, 0.717) is 0 Å². The van der Waals surface area contributed by atoms with Gasteiger partial charge in [-0.2, -0.15) is 0 Å². The first kappa shape index (κ1) is 16.7. The standard InChI is InChI=1S/C11H19N5O5/c12-7(17)5-16(6-8(13)18)10(19)11(9(14)15-20)1-3-21-4-2-11/h20H,1-6H2,(H2,12,17)(H2,13,18)(H2,14,15). The molecule has 118 valence electrons. The van der Waals surface area contributed by atoms with Crippen molar-refractivity contribution >= 4 is 23.6 Å². The van der Waals surface area contributed by atoms with E-state index in [4.69, 9.17) is 27.1 Å². The number of primary amides is 2. The van der Waals surface area contributed by atoms with E-state index in [1.165, 1.54) is 0 Å². The zero-order valence-corrected chi connectivity index (χ0v) is 11.4. The molecule has 1 aliphatic rings. The van der Waals surface area contributed by atoms with Gasteiger partial charge in [0.2, 0.25) is 17.7 Å². The first-order valence-corrected chi connectivity index (χ1v) is 6.25. The molecular formula is C11H19N5O5. The molecule has 3 amide bonds. The van der Waals surface area contributed by atoms with Gasteiger partial charge in [0, 0.05) is 13.2 Å². The van der Waals surface area contributed by atoms with Crippen molar-refractivity contribution in [3.8, 4) is 0 Å². The molecule has 1 heterocycles. The minimum Gasteiger partial charge on any atom is -0.409 e. The second kappa shape index (κ2) is 6.88. The van der Waals surface area contributed by atoms with Crippen molar-refractivity contribution in [3.63, 3.8) is 0 Å². The molecule has 0 radical (unpaired) electrons. The van der Waals surface area contributed by atoms with Gasteiger partial charge in [0.1, 0.15) is 5.41 Å². The van der Waals surface area contributed by atoms with Gasteiger partial charge in [-0.05, 0) is 12.8 Å². The minimum absolute atomic E-state index is 0.162. The quantitative estimate of drug-likeness (QED) is 0.180. The van der Waals surface area contributed by atoms with Crippen LogP contribution in [0, 0.1) is 5.41 Å². The fourth-order valence-electron chi connectivity index (χ4n) is 2.27. The van der Waals surface area contributed by atoms with Crippen molar-refractivity contribution in [3.05, 3.63) is 0 Å². The summed E-state index contributed by atoms with van der Waals surface area (Å²) in [6, 6.07) is 0. The highest BCUT2D eigenvalue weighted by atomic mass is 16.5. The monoisotopic (exact) mass is 301 g/mol. The van der Waals surface area contributed by atoms with Crippen LogP contribution in [0.15, 0.2) is 5.16 Å². The third-order valence-electron chi connectivity index (χ3n) is 3.33. The molecule has 21 heavy (non-hydrogen) atoms. The molecule has 1 rings (SSSR count). The van der Waals surface area contributed by atoms with Crippen LogP contribution in [0.25, 0.3) is 0 Å². The van der Waals surface area contributed by atoms with Crippen molar-refractivity contribution in [2.24, 2.45) is 27.8 Å². The lowest BCUT2D eigenvalue weighted by Gasteiger charge is -2.37. The topological polar surface area (TPSA) is 174 Å². The summed E-state index contributed by atoms with van der Waals surface area (Å²) in [5.74, 6) is -2.54. The molecule has 7 N–H and O–H groups in total. The molecule has 0 aromatic carbocycles. The van der Waals surface area contributed by atoms with Gasteiger partial charge in [-0.25, -0.2) is 0 Å². The predicted octanol–water partition coefficient (Wildman–Crippen LogP) is -2.67. The Bertz CT molecular complexity index is 442.